The van der Waals surface area contributed by atoms with E-state index >= 15 is 0 Å². The highest BCUT2D eigenvalue weighted by Gasteiger charge is 2.33. The van der Waals surface area contributed by atoms with Crippen molar-refractivity contribution in [2.45, 2.75) is 24.8 Å². The van der Waals surface area contributed by atoms with Gasteiger partial charge in [-0.15, -0.1) is 0 Å². The first-order valence-corrected chi connectivity index (χ1v) is 6.49. The Morgan fingerprint density at radius 3 is 2.39 bits per heavy atom. The molecule has 1 fully saturated rings. The molecule has 8 heteroatoms. The van der Waals surface area contributed by atoms with E-state index in [-0.39, 0.29) is 42.3 Å². The number of thioether (sulfide) groups is 1. The molecule has 0 radical (unpaired) electrons. The number of alkyl halides is 3. The summed E-state index contributed by atoms with van der Waals surface area (Å²) in [5.74, 6) is -2.39. The molecule has 2 N–H and O–H groups in total. The van der Waals surface area contributed by atoms with Crippen LogP contribution < -0.4 is 5.32 Å². The predicted octanol–water partition coefficient (Wildman–Crippen LogP) is 1.86. The second-order valence-electron chi connectivity index (χ2n) is 4.13. The summed E-state index contributed by atoms with van der Waals surface area (Å²) in [5.41, 5.74) is -4.29. The van der Waals surface area contributed by atoms with Crippen LogP contribution >= 0.6 is 11.8 Å². The van der Waals surface area contributed by atoms with Gasteiger partial charge in [0, 0.05) is 18.2 Å². The van der Waals surface area contributed by atoms with Crippen molar-refractivity contribution in [1.82, 2.24) is 5.32 Å². The molecular weight excluding hydrogens is 271 g/mol. The van der Waals surface area contributed by atoms with Crippen LogP contribution in [0.15, 0.2) is 0 Å². The fraction of sp³-hybridized carbons (Fsp3) is 0.800. The number of amides is 1. The van der Waals surface area contributed by atoms with E-state index in [0.717, 1.165) is 0 Å². The number of aliphatic carboxylic acids is 1. The second kappa shape index (κ2) is 6.31. The molecule has 0 heterocycles. The zero-order valence-corrected chi connectivity index (χ0v) is 10.3. The summed E-state index contributed by atoms with van der Waals surface area (Å²) in [6.45, 7) is -0.0583. The summed E-state index contributed by atoms with van der Waals surface area (Å²) in [7, 11) is 0. The number of hydrogen-bond acceptors (Lipinski definition) is 3. The van der Waals surface area contributed by atoms with E-state index in [1.54, 1.807) is 0 Å². The molecule has 1 aliphatic rings. The summed E-state index contributed by atoms with van der Waals surface area (Å²) in [6, 6.07) is 0. The van der Waals surface area contributed by atoms with Gasteiger partial charge in [0.05, 0.1) is 5.92 Å². The van der Waals surface area contributed by atoms with Crippen LogP contribution in [0.2, 0.25) is 0 Å². The van der Waals surface area contributed by atoms with Crippen molar-refractivity contribution in [1.29, 1.82) is 0 Å². The van der Waals surface area contributed by atoms with Gasteiger partial charge in [-0.2, -0.15) is 13.2 Å². The third-order valence-electron chi connectivity index (χ3n) is 2.82. The number of nitrogens with one attached hydrogen (secondary N) is 1. The van der Waals surface area contributed by atoms with E-state index in [0.29, 0.717) is 12.8 Å². The van der Waals surface area contributed by atoms with Crippen LogP contribution in [0, 0.1) is 11.8 Å². The minimum Gasteiger partial charge on any atom is -0.481 e. The molecule has 0 aromatic rings. The minimum absolute atomic E-state index is 0.0583. The van der Waals surface area contributed by atoms with Crippen molar-refractivity contribution in [2.75, 3.05) is 12.3 Å². The van der Waals surface area contributed by atoms with Gasteiger partial charge < -0.3 is 10.4 Å². The SMILES string of the molecule is O=C(O)C1CCC(C(=O)NCCSC(F)(F)F)C1. The number of carbonyl (C=O) groups is 2. The number of hydrogen-bond donors (Lipinski definition) is 2. The van der Waals surface area contributed by atoms with Gasteiger partial charge >= 0.3 is 11.5 Å². The fourth-order valence-corrected chi connectivity index (χ4v) is 2.36. The highest BCUT2D eigenvalue weighted by Crippen LogP contribution is 2.31. The molecule has 0 saturated heterocycles. The number of rotatable bonds is 5. The highest BCUT2D eigenvalue weighted by molar-refractivity contribution is 8.00. The molecule has 0 aromatic heterocycles. The van der Waals surface area contributed by atoms with E-state index in [4.69, 9.17) is 5.11 Å². The first-order valence-electron chi connectivity index (χ1n) is 5.51. The minimum atomic E-state index is -4.29. The van der Waals surface area contributed by atoms with E-state index in [1.807, 2.05) is 0 Å². The van der Waals surface area contributed by atoms with Crippen molar-refractivity contribution >= 4 is 23.6 Å². The maximum Gasteiger partial charge on any atom is 0.441 e. The molecule has 18 heavy (non-hydrogen) atoms. The standard InChI is InChI=1S/C10H14F3NO3S/c11-10(12,13)18-4-3-14-8(15)6-1-2-7(5-6)9(16)17/h6-7H,1-5H2,(H,14,15)(H,16,17). The average molecular weight is 285 g/mol. The highest BCUT2D eigenvalue weighted by atomic mass is 32.2. The summed E-state index contributed by atoms with van der Waals surface area (Å²) in [4.78, 5) is 22.2. The van der Waals surface area contributed by atoms with Gasteiger partial charge in [0.15, 0.2) is 0 Å². The summed E-state index contributed by atoms with van der Waals surface area (Å²) >= 11 is -0.185. The quantitative estimate of drug-likeness (QED) is 0.757. The van der Waals surface area contributed by atoms with Gasteiger partial charge in [-0.05, 0) is 31.0 Å². The average Bonchev–Trinajstić information content (AvgIpc) is 2.72. The normalized spacial score (nSPS) is 23.9. The van der Waals surface area contributed by atoms with Gasteiger partial charge in [-0.1, -0.05) is 0 Å². The summed E-state index contributed by atoms with van der Waals surface area (Å²) in [6.07, 6.45) is 1.20. The van der Waals surface area contributed by atoms with Crippen LogP contribution in [0.5, 0.6) is 0 Å². The maximum absolute atomic E-state index is 11.8. The van der Waals surface area contributed by atoms with E-state index in [9.17, 15) is 22.8 Å². The number of carbonyl (C=O) groups excluding carboxylic acids is 1. The number of carboxylic acids is 1. The van der Waals surface area contributed by atoms with Crippen molar-refractivity contribution in [3.05, 3.63) is 0 Å². The molecule has 4 nitrogen and oxygen atoms in total. The second-order valence-corrected chi connectivity index (χ2v) is 5.29. The lowest BCUT2D eigenvalue weighted by molar-refractivity contribution is -0.141. The Morgan fingerprint density at radius 2 is 1.89 bits per heavy atom. The van der Waals surface area contributed by atoms with Crippen LogP contribution in [0.4, 0.5) is 13.2 Å². The third kappa shape index (κ3) is 5.16. The molecule has 1 saturated carbocycles. The molecule has 0 aliphatic heterocycles. The molecule has 0 bridgehead atoms. The van der Waals surface area contributed by atoms with Gasteiger partial charge in [0.2, 0.25) is 5.91 Å². The van der Waals surface area contributed by atoms with Crippen molar-refractivity contribution < 1.29 is 27.9 Å². The molecule has 2 unspecified atom stereocenters. The van der Waals surface area contributed by atoms with Crippen LogP contribution in [-0.2, 0) is 9.59 Å². The first kappa shape index (κ1) is 15.1. The lowest BCUT2D eigenvalue weighted by atomic mass is 10.0. The Morgan fingerprint density at radius 1 is 1.28 bits per heavy atom. The fourth-order valence-electron chi connectivity index (χ4n) is 1.93. The Hall–Kier alpha value is -0.920. The lowest BCUT2D eigenvalue weighted by Crippen LogP contribution is -2.31. The third-order valence-corrected chi connectivity index (χ3v) is 3.56. The van der Waals surface area contributed by atoms with E-state index < -0.39 is 17.4 Å². The summed E-state index contributed by atoms with van der Waals surface area (Å²) in [5, 5.41) is 11.2. The predicted molar refractivity (Wildman–Crippen MR) is 60.0 cm³/mol. The number of carboxylic acid groups (broad SMARTS) is 1. The van der Waals surface area contributed by atoms with Gasteiger partial charge in [-0.25, -0.2) is 0 Å². The Kier molecular flexibility index (Phi) is 5.30. The van der Waals surface area contributed by atoms with E-state index in [2.05, 4.69) is 5.32 Å². The Bertz CT molecular complexity index is 322. The molecule has 2 atom stereocenters. The van der Waals surface area contributed by atoms with Crippen LogP contribution in [0.1, 0.15) is 19.3 Å². The molecular formula is C10H14F3NO3S. The van der Waals surface area contributed by atoms with Crippen molar-refractivity contribution in [3.63, 3.8) is 0 Å². The zero-order valence-electron chi connectivity index (χ0n) is 9.50. The van der Waals surface area contributed by atoms with Crippen LogP contribution in [0.3, 0.4) is 0 Å². The largest absolute Gasteiger partial charge is 0.481 e. The first-order chi connectivity index (χ1) is 8.29. The molecule has 0 aromatic carbocycles. The molecule has 104 valence electrons. The Balaban J connectivity index is 2.20. The van der Waals surface area contributed by atoms with Gasteiger partial charge in [0.1, 0.15) is 0 Å². The molecule has 0 spiro atoms. The monoisotopic (exact) mass is 285 g/mol. The lowest BCUT2D eigenvalue weighted by Gasteiger charge is -2.11. The maximum atomic E-state index is 11.8. The zero-order chi connectivity index (χ0) is 13.8. The Labute approximate surface area is 106 Å². The molecule has 1 rings (SSSR count). The summed E-state index contributed by atoms with van der Waals surface area (Å²) < 4.78 is 35.4. The molecule has 1 aliphatic carbocycles. The van der Waals surface area contributed by atoms with Crippen molar-refractivity contribution in [3.8, 4) is 0 Å². The van der Waals surface area contributed by atoms with Crippen LogP contribution in [0.25, 0.3) is 0 Å². The smallest absolute Gasteiger partial charge is 0.441 e. The molecule has 1 amide bonds. The van der Waals surface area contributed by atoms with Gasteiger partial charge in [-0.3, -0.25) is 9.59 Å². The van der Waals surface area contributed by atoms with E-state index in [1.165, 1.54) is 0 Å². The van der Waals surface area contributed by atoms with Gasteiger partial charge in [0.25, 0.3) is 0 Å². The number of halogens is 3. The van der Waals surface area contributed by atoms with Crippen molar-refractivity contribution in [2.24, 2.45) is 11.8 Å². The topological polar surface area (TPSA) is 66.4 Å². The van der Waals surface area contributed by atoms with Crippen LogP contribution in [-0.4, -0.2) is 34.8 Å².